The van der Waals surface area contributed by atoms with Crippen molar-refractivity contribution in [1.82, 2.24) is 15.5 Å². The minimum atomic E-state index is -0.286. The van der Waals surface area contributed by atoms with E-state index in [0.717, 1.165) is 50.9 Å². The van der Waals surface area contributed by atoms with Gasteiger partial charge in [0.1, 0.15) is 0 Å². The zero-order valence-electron chi connectivity index (χ0n) is 24.7. The fourth-order valence-electron chi connectivity index (χ4n) is 5.48. The summed E-state index contributed by atoms with van der Waals surface area (Å²) in [5, 5.41) is 8.95. The highest BCUT2D eigenvalue weighted by Gasteiger charge is 2.27. The van der Waals surface area contributed by atoms with Crippen LogP contribution >= 0.6 is 0 Å². The lowest BCUT2D eigenvalue weighted by Crippen LogP contribution is -2.40. The van der Waals surface area contributed by atoms with E-state index >= 15 is 0 Å². The number of likely N-dealkylation sites (tertiary alicyclic amines) is 1. The minimum Gasteiger partial charge on any atom is -0.378 e. The van der Waals surface area contributed by atoms with E-state index < -0.39 is 0 Å². The van der Waals surface area contributed by atoms with Gasteiger partial charge in [0, 0.05) is 32.9 Å². The molecule has 1 aliphatic rings. The maximum atomic E-state index is 13.4. The molecular weight excluding hydrogens is 510 g/mol. The highest BCUT2D eigenvalue weighted by Crippen LogP contribution is 2.32. The molecule has 1 heterocycles. The van der Waals surface area contributed by atoms with Crippen molar-refractivity contribution in [2.45, 2.75) is 45.1 Å². The Kier molecular flexibility index (Phi) is 11.2. The van der Waals surface area contributed by atoms with Crippen molar-refractivity contribution < 1.29 is 9.59 Å². The summed E-state index contributed by atoms with van der Waals surface area (Å²) in [7, 11) is 3.88. The Labute approximate surface area is 245 Å². The Morgan fingerprint density at radius 1 is 0.878 bits per heavy atom. The fourth-order valence-corrected chi connectivity index (χ4v) is 5.48. The third-order valence-electron chi connectivity index (χ3n) is 7.87. The monoisotopic (exact) mass is 555 g/mol. The zero-order valence-corrected chi connectivity index (χ0v) is 24.7. The Morgan fingerprint density at radius 3 is 2.10 bits per heavy atom. The van der Waals surface area contributed by atoms with Crippen molar-refractivity contribution in [3.8, 4) is 0 Å². The lowest BCUT2D eigenvalue weighted by atomic mass is 9.91. The van der Waals surface area contributed by atoms with Crippen LogP contribution in [0.15, 0.2) is 78.9 Å². The van der Waals surface area contributed by atoms with Crippen LogP contribution in [0.1, 0.15) is 66.6 Å². The molecule has 1 fully saturated rings. The second-order valence-electron chi connectivity index (χ2n) is 11.1. The number of benzene rings is 3. The van der Waals surface area contributed by atoms with Gasteiger partial charge in [-0.2, -0.15) is 0 Å². The van der Waals surface area contributed by atoms with Gasteiger partial charge in [0.15, 0.2) is 0 Å². The van der Waals surface area contributed by atoms with Crippen LogP contribution in [0, 0.1) is 5.92 Å². The molecule has 4 rings (SSSR count). The van der Waals surface area contributed by atoms with Crippen molar-refractivity contribution in [3.63, 3.8) is 0 Å². The van der Waals surface area contributed by atoms with E-state index in [2.05, 4.69) is 88.4 Å². The molecule has 0 unspecified atom stereocenters. The third kappa shape index (κ3) is 8.57. The van der Waals surface area contributed by atoms with Crippen LogP contribution in [0.25, 0.3) is 0 Å². The molecule has 3 aromatic rings. The molecule has 0 saturated carbocycles. The lowest BCUT2D eigenvalue weighted by molar-refractivity contribution is 0.0931. The predicted molar refractivity (Wildman–Crippen MR) is 169 cm³/mol. The number of anilines is 2. The minimum absolute atomic E-state index is 0.163. The van der Waals surface area contributed by atoms with Gasteiger partial charge in [-0.25, -0.2) is 4.79 Å². The van der Waals surface area contributed by atoms with E-state index in [1.54, 1.807) is 0 Å². The summed E-state index contributed by atoms with van der Waals surface area (Å²) >= 11 is 0. The summed E-state index contributed by atoms with van der Waals surface area (Å²) in [5.41, 5.74) is 4.52. The molecule has 3 N–H and O–H groups in total. The van der Waals surface area contributed by atoms with Crippen LogP contribution in [0.4, 0.5) is 16.2 Å². The van der Waals surface area contributed by atoms with Gasteiger partial charge in [0.25, 0.3) is 5.91 Å². The van der Waals surface area contributed by atoms with Crippen LogP contribution < -0.4 is 20.9 Å². The Balaban J connectivity index is 1.36. The lowest BCUT2D eigenvalue weighted by Gasteiger charge is -2.38. The van der Waals surface area contributed by atoms with Crippen LogP contribution in [0.5, 0.6) is 0 Å². The molecule has 1 saturated heterocycles. The second-order valence-corrected chi connectivity index (χ2v) is 11.1. The highest BCUT2D eigenvalue weighted by atomic mass is 16.2. The Hall–Kier alpha value is -3.84. The molecule has 1 aliphatic heterocycles. The van der Waals surface area contributed by atoms with E-state index in [1.807, 2.05) is 37.2 Å². The van der Waals surface area contributed by atoms with Crippen molar-refractivity contribution >= 4 is 23.3 Å². The SMILES string of the molecule is CCCCCNC(=O)Nc1ccc(N(C)C)cc1C(=O)NCC1CCN(C(c2ccccc2)c2ccccc2)CC1. The molecule has 41 heavy (non-hydrogen) atoms. The van der Waals surface area contributed by atoms with E-state index in [0.29, 0.717) is 30.3 Å². The molecule has 218 valence electrons. The summed E-state index contributed by atoms with van der Waals surface area (Å²) in [6.45, 7) is 5.30. The van der Waals surface area contributed by atoms with Crippen molar-refractivity contribution in [1.29, 1.82) is 0 Å². The number of nitrogens with zero attached hydrogens (tertiary/aromatic N) is 2. The number of amides is 3. The van der Waals surface area contributed by atoms with Gasteiger partial charge in [-0.1, -0.05) is 80.4 Å². The number of hydrogen-bond acceptors (Lipinski definition) is 4. The molecular formula is C34H45N5O2. The molecule has 0 spiro atoms. The summed E-state index contributed by atoms with van der Waals surface area (Å²) < 4.78 is 0. The van der Waals surface area contributed by atoms with Gasteiger partial charge in [-0.05, 0) is 67.6 Å². The second kappa shape index (κ2) is 15.2. The van der Waals surface area contributed by atoms with E-state index in [1.165, 1.54) is 11.1 Å². The van der Waals surface area contributed by atoms with Gasteiger partial charge >= 0.3 is 6.03 Å². The first-order valence-electron chi connectivity index (χ1n) is 14.9. The number of nitrogens with one attached hydrogen (secondary N) is 3. The maximum absolute atomic E-state index is 13.4. The van der Waals surface area contributed by atoms with E-state index in [4.69, 9.17) is 0 Å². The fraction of sp³-hybridized carbons (Fsp3) is 0.412. The molecule has 0 atom stereocenters. The molecule has 0 radical (unpaired) electrons. The molecule has 0 aromatic heterocycles. The Morgan fingerprint density at radius 2 is 1.51 bits per heavy atom. The van der Waals surface area contributed by atoms with Crippen molar-refractivity contribution in [2.24, 2.45) is 5.92 Å². The molecule has 7 heteroatoms. The smallest absolute Gasteiger partial charge is 0.319 e. The average molecular weight is 556 g/mol. The first kappa shape index (κ1) is 30.1. The number of carbonyl (C=O) groups excluding carboxylic acids is 2. The largest absolute Gasteiger partial charge is 0.378 e. The van der Waals surface area contributed by atoms with E-state index in [-0.39, 0.29) is 18.0 Å². The van der Waals surface area contributed by atoms with Gasteiger partial charge < -0.3 is 20.9 Å². The summed E-state index contributed by atoms with van der Waals surface area (Å²) in [6.07, 6.45) is 5.13. The van der Waals surface area contributed by atoms with Gasteiger partial charge in [0.2, 0.25) is 0 Å². The summed E-state index contributed by atoms with van der Waals surface area (Å²) in [5.74, 6) is 0.238. The molecule has 3 amide bonds. The number of urea groups is 1. The molecule has 0 aliphatic carbocycles. The third-order valence-corrected chi connectivity index (χ3v) is 7.87. The van der Waals surface area contributed by atoms with Crippen LogP contribution in [-0.2, 0) is 0 Å². The number of rotatable bonds is 12. The first-order chi connectivity index (χ1) is 20.0. The van der Waals surface area contributed by atoms with E-state index in [9.17, 15) is 9.59 Å². The predicted octanol–water partition coefficient (Wildman–Crippen LogP) is 6.30. The quantitative estimate of drug-likeness (QED) is 0.229. The van der Waals surface area contributed by atoms with Crippen LogP contribution in [0.2, 0.25) is 0 Å². The topological polar surface area (TPSA) is 76.7 Å². The maximum Gasteiger partial charge on any atom is 0.319 e. The normalized spacial score (nSPS) is 14.0. The van der Waals surface area contributed by atoms with Crippen LogP contribution in [0.3, 0.4) is 0 Å². The average Bonchev–Trinajstić information content (AvgIpc) is 3.00. The molecule has 0 bridgehead atoms. The molecule has 3 aromatic carbocycles. The van der Waals surface area contributed by atoms with Crippen molar-refractivity contribution in [2.75, 3.05) is 50.5 Å². The number of unbranched alkanes of at least 4 members (excludes halogenated alkanes) is 2. The summed E-state index contributed by atoms with van der Waals surface area (Å²) in [6, 6.07) is 26.9. The number of carbonyl (C=O) groups is 2. The first-order valence-corrected chi connectivity index (χ1v) is 14.9. The molecule has 7 nitrogen and oxygen atoms in total. The van der Waals surface area contributed by atoms with Gasteiger partial charge in [-0.15, -0.1) is 0 Å². The van der Waals surface area contributed by atoms with Crippen LogP contribution in [-0.4, -0.2) is 57.1 Å². The standard InChI is InChI=1S/C34H45N5O2/c1-4-5-12-21-35-34(41)37-31-18-17-29(38(2)3)24-30(31)33(40)36-25-26-19-22-39(23-20-26)32(27-13-8-6-9-14-27)28-15-10-7-11-16-28/h6-11,13-18,24,26,32H,4-5,12,19-23,25H2,1-3H3,(H,36,40)(H2,35,37,41). The van der Waals surface area contributed by atoms with Gasteiger partial charge in [0.05, 0.1) is 17.3 Å². The number of hydrogen-bond donors (Lipinski definition) is 3. The Bertz CT molecular complexity index is 1200. The van der Waals surface area contributed by atoms with Crippen molar-refractivity contribution in [3.05, 3.63) is 95.6 Å². The highest BCUT2D eigenvalue weighted by molar-refractivity contribution is 6.04. The number of piperidine rings is 1. The zero-order chi connectivity index (χ0) is 29.0. The summed E-state index contributed by atoms with van der Waals surface area (Å²) in [4.78, 5) is 30.4. The van der Waals surface area contributed by atoms with Gasteiger partial charge in [-0.3, -0.25) is 9.69 Å².